The van der Waals surface area contributed by atoms with Crippen molar-refractivity contribution in [1.29, 1.82) is 0 Å². The number of allylic oxidation sites excluding steroid dienone is 4. The summed E-state index contributed by atoms with van der Waals surface area (Å²) in [6.45, 7) is 5.49. The van der Waals surface area contributed by atoms with Gasteiger partial charge in [-0.25, -0.2) is 0 Å². The van der Waals surface area contributed by atoms with Gasteiger partial charge in [-0.3, -0.25) is 10.1 Å². The molecule has 3 aromatic carbocycles. The van der Waals surface area contributed by atoms with Gasteiger partial charge in [-0.2, -0.15) is 0 Å². The van der Waals surface area contributed by atoms with Gasteiger partial charge in [0, 0.05) is 22.5 Å². The first-order valence-electron chi connectivity index (χ1n) is 10.0. The number of H-pyrrole nitrogens is 1. The van der Waals surface area contributed by atoms with Crippen LogP contribution >= 0.6 is 0 Å². The van der Waals surface area contributed by atoms with Crippen LogP contribution in [0.15, 0.2) is 109 Å². The monoisotopic (exact) mass is 406 g/mol. The molecule has 0 bridgehead atoms. The zero-order valence-corrected chi connectivity index (χ0v) is 17.2. The lowest BCUT2D eigenvalue weighted by Gasteiger charge is -2.07. The van der Waals surface area contributed by atoms with Crippen LogP contribution in [0.1, 0.15) is 12.5 Å². The lowest BCUT2D eigenvalue weighted by atomic mass is 9.95. The highest BCUT2D eigenvalue weighted by Gasteiger charge is 2.19. The molecule has 1 heterocycles. The number of benzene rings is 3. The minimum atomic E-state index is -0.392. The molecule has 31 heavy (non-hydrogen) atoms. The molecule has 0 unspecified atom stereocenters. The molecule has 0 saturated carbocycles. The number of fused-ring (bicyclic) bond motifs is 1. The van der Waals surface area contributed by atoms with E-state index in [0.29, 0.717) is 5.57 Å². The van der Waals surface area contributed by atoms with Gasteiger partial charge in [0.15, 0.2) is 0 Å². The van der Waals surface area contributed by atoms with Crippen LogP contribution in [0.25, 0.3) is 38.9 Å². The average molecular weight is 406 g/mol. The van der Waals surface area contributed by atoms with Crippen LogP contribution in [-0.2, 0) is 0 Å². The second-order valence-corrected chi connectivity index (χ2v) is 7.13. The molecule has 4 aromatic rings. The highest BCUT2D eigenvalue weighted by molar-refractivity contribution is 6.05. The van der Waals surface area contributed by atoms with E-state index in [-0.39, 0.29) is 5.70 Å². The molecular formula is C27H22N2O2. The van der Waals surface area contributed by atoms with Crippen molar-refractivity contribution < 1.29 is 4.92 Å². The largest absolute Gasteiger partial charge is 0.354 e. The van der Waals surface area contributed by atoms with Crippen LogP contribution in [0.5, 0.6) is 0 Å². The third-order valence-electron chi connectivity index (χ3n) is 5.23. The Bertz CT molecular complexity index is 1310. The van der Waals surface area contributed by atoms with Crippen molar-refractivity contribution in [2.24, 2.45) is 0 Å². The number of hydrogen-bond donors (Lipinski definition) is 1. The van der Waals surface area contributed by atoms with Gasteiger partial charge in [0.2, 0.25) is 0 Å². The Morgan fingerprint density at radius 1 is 0.968 bits per heavy atom. The molecule has 0 atom stereocenters. The molecule has 0 fully saturated rings. The summed E-state index contributed by atoms with van der Waals surface area (Å²) in [7, 11) is 0. The molecule has 4 heteroatoms. The van der Waals surface area contributed by atoms with E-state index < -0.39 is 4.92 Å². The van der Waals surface area contributed by atoms with E-state index in [0.717, 1.165) is 38.9 Å². The van der Waals surface area contributed by atoms with Gasteiger partial charge in [-0.1, -0.05) is 85.5 Å². The van der Waals surface area contributed by atoms with Gasteiger partial charge in [-0.15, -0.1) is 0 Å². The summed E-state index contributed by atoms with van der Waals surface area (Å²) in [6.07, 6.45) is 4.86. The van der Waals surface area contributed by atoms with Crippen LogP contribution < -0.4 is 0 Å². The zero-order chi connectivity index (χ0) is 21.8. The smallest absolute Gasteiger partial charge is 0.276 e. The first-order chi connectivity index (χ1) is 15.1. The number of nitrogens with zero attached hydrogens (tertiary/aromatic N) is 1. The number of rotatable bonds is 6. The Morgan fingerprint density at radius 3 is 2.19 bits per heavy atom. The van der Waals surface area contributed by atoms with E-state index in [1.807, 2.05) is 61.5 Å². The second-order valence-electron chi connectivity index (χ2n) is 7.13. The van der Waals surface area contributed by atoms with E-state index >= 15 is 0 Å². The third kappa shape index (κ3) is 3.83. The van der Waals surface area contributed by atoms with Crippen molar-refractivity contribution in [2.45, 2.75) is 6.92 Å². The molecule has 1 aromatic heterocycles. The highest BCUT2D eigenvalue weighted by Crippen LogP contribution is 2.39. The molecule has 4 rings (SSSR count). The summed E-state index contributed by atoms with van der Waals surface area (Å²) in [5.41, 5.74) is 6.53. The summed E-state index contributed by atoms with van der Waals surface area (Å²) in [6, 6.07) is 26.3. The van der Waals surface area contributed by atoms with Crippen LogP contribution in [0, 0.1) is 10.1 Å². The van der Waals surface area contributed by atoms with Gasteiger partial charge in [-0.05, 0) is 35.7 Å². The summed E-state index contributed by atoms with van der Waals surface area (Å²) >= 11 is 0. The van der Waals surface area contributed by atoms with Crippen molar-refractivity contribution in [1.82, 2.24) is 4.98 Å². The predicted molar refractivity (Wildman–Crippen MR) is 128 cm³/mol. The zero-order valence-electron chi connectivity index (χ0n) is 17.2. The maximum absolute atomic E-state index is 11.6. The van der Waals surface area contributed by atoms with E-state index in [9.17, 15) is 10.1 Å². The lowest BCUT2D eigenvalue weighted by molar-refractivity contribution is -0.417. The van der Waals surface area contributed by atoms with Crippen molar-refractivity contribution in [3.05, 3.63) is 125 Å². The fourth-order valence-electron chi connectivity index (χ4n) is 3.86. The predicted octanol–water partition coefficient (Wildman–Crippen LogP) is 7.25. The Labute approximate surface area is 181 Å². The number of aromatic nitrogens is 1. The molecule has 0 amide bonds. The lowest BCUT2D eigenvalue weighted by Crippen LogP contribution is -1.99. The average Bonchev–Trinajstić information content (AvgIpc) is 3.18. The Morgan fingerprint density at radius 2 is 1.61 bits per heavy atom. The summed E-state index contributed by atoms with van der Waals surface area (Å²) in [4.78, 5) is 14.8. The second kappa shape index (κ2) is 8.67. The maximum Gasteiger partial charge on any atom is 0.276 e. The van der Waals surface area contributed by atoms with Crippen LogP contribution in [-0.4, -0.2) is 9.91 Å². The van der Waals surface area contributed by atoms with Crippen molar-refractivity contribution in [2.75, 3.05) is 0 Å². The Balaban J connectivity index is 2.04. The minimum absolute atomic E-state index is 0.0162. The topological polar surface area (TPSA) is 58.9 Å². The SMILES string of the molecule is C=C/C(=C(\C=C/C)c1ccc2[nH]c(-c3ccccc3)c(-c3ccccc3)c2c1)[N+](=O)[O-]. The minimum Gasteiger partial charge on any atom is -0.354 e. The van der Waals surface area contributed by atoms with Gasteiger partial charge >= 0.3 is 0 Å². The first-order valence-corrected chi connectivity index (χ1v) is 10.0. The fourth-order valence-corrected chi connectivity index (χ4v) is 3.86. The molecule has 0 aliphatic carbocycles. The molecule has 0 radical (unpaired) electrons. The van der Waals surface area contributed by atoms with Crippen LogP contribution in [0.4, 0.5) is 0 Å². The molecular weight excluding hydrogens is 384 g/mol. The third-order valence-corrected chi connectivity index (χ3v) is 5.23. The van der Waals surface area contributed by atoms with Gasteiger partial charge in [0.25, 0.3) is 5.70 Å². The first kappa shape index (κ1) is 20.1. The van der Waals surface area contributed by atoms with Crippen LogP contribution in [0.3, 0.4) is 0 Å². The van der Waals surface area contributed by atoms with Gasteiger partial charge in [0.1, 0.15) is 0 Å². The van der Waals surface area contributed by atoms with E-state index in [1.54, 1.807) is 12.2 Å². The summed E-state index contributed by atoms with van der Waals surface area (Å²) in [5.74, 6) is 0. The number of aromatic amines is 1. The molecule has 0 aliphatic heterocycles. The van der Waals surface area contributed by atoms with E-state index in [4.69, 9.17) is 0 Å². The maximum atomic E-state index is 11.6. The molecule has 0 spiro atoms. The van der Waals surface area contributed by atoms with Crippen molar-refractivity contribution in [3.63, 3.8) is 0 Å². The number of hydrogen-bond acceptors (Lipinski definition) is 2. The quantitative estimate of drug-likeness (QED) is 0.208. The standard InChI is InChI=1S/C27H22N2O2/c1-3-11-22(25(4-2)29(30)31)21-16-17-24-23(18-21)26(19-12-7-5-8-13-19)27(28-24)20-14-9-6-10-15-20/h3-18,28H,2H2,1H3/b11-3-,25-22-. The molecule has 4 nitrogen and oxygen atoms in total. The van der Waals surface area contributed by atoms with Crippen molar-refractivity contribution in [3.8, 4) is 22.4 Å². The molecule has 152 valence electrons. The van der Waals surface area contributed by atoms with Gasteiger partial charge < -0.3 is 4.98 Å². The molecule has 0 aliphatic rings. The number of nitrogens with one attached hydrogen (secondary N) is 1. The highest BCUT2D eigenvalue weighted by atomic mass is 16.6. The van der Waals surface area contributed by atoms with Gasteiger partial charge in [0.05, 0.1) is 16.2 Å². The van der Waals surface area contributed by atoms with Crippen LogP contribution in [0.2, 0.25) is 0 Å². The normalized spacial score (nSPS) is 12.2. The fraction of sp³-hybridized carbons (Fsp3) is 0.0370. The Kier molecular flexibility index (Phi) is 5.63. The number of nitro groups is 1. The molecule has 0 saturated heterocycles. The Hall–Kier alpha value is -4.18. The summed E-state index contributed by atoms with van der Waals surface area (Å²) in [5, 5.41) is 12.6. The molecule has 1 N–H and O–H groups in total. The summed E-state index contributed by atoms with van der Waals surface area (Å²) < 4.78 is 0. The van der Waals surface area contributed by atoms with E-state index in [1.165, 1.54) is 6.08 Å². The van der Waals surface area contributed by atoms with E-state index in [2.05, 4.69) is 35.8 Å². The van der Waals surface area contributed by atoms with Crippen molar-refractivity contribution >= 4 is 16.5 Å².